The number of hydrogen-bond donors (Lipinski definition) is 1. The molecule has 1 aromatic rings. The summed E-state index contributed by atoms with van der Waals surface area (Å²) in [5.74, 6) is -0.373. The summed E-state index contributed by atoms with van der Waals surface area (Å²) in [6.45, 7) is 5.90. The van der Waals surface area contributed by atoms with E-state index in [2.05, 4.69) is 10.5 Å². The second kappa shape index (κ2) is 6.06. The molecule has 0 radical (unpaired) electrons. The molecule has 5 heteroatoms. The molecule has 0 aromatic heterocycles. The van der Waals surface area contributed by atoms with Gasteiger partial charge in [0.1, 0.15) is 5.82 Å². The molecule has 1 aromatic carbocycles. The Bertz CT molecular complexity index is 352. The van der Waals surface area contributed by atoms with Crippen LogP contribution in [0.4, 0.5) is 4.39 Å². The van der Waals surface area contributed by atoms with Gasteiger partial charge in [-0.15, -0.1) is 12.4 Å². The minimum Gasteiger partial charge on any atom is -0.305 e. The fraction of sp³-hybridized carbons (Fsp3) is 0.364. The average Bonchev–Trinajstić information content (AvgIpc) is 2.08. The minimum absolute atomic E-state index is 0. The third-order valence-corrected chi connectivity index (χ3v) is 1.92. The van der Waals surface area contributed by atoms with Crippen molar-refractivity contribution < 1.29 is 4.39 Å². The summed E-state index contributed by atoms with van der Waals surface area (Å²) in [4.78, 5) is 0. The smallest absolute Gasteiger partial charge is 0.133 e. The standard InChI is InChI=1S/C11H14ClFN2.ClH/c1-11(2,3)15-14-7-8-9(12)5-4-6-10(8)13;/h4-7,15H,1-3H3;1H/b14-7+;. The van der Waals surface area contributed by atoms with Crippen molar-refractivity contribution in [1.29, 1.82) is 0 Å². The molecule has 0 aliphatic carbocycles. The van der Waals surface area contributed by atoms with Crippen molar-refractivity contribution in [2.24, 2.45) is 5.10 Å². The highest BCUT2D eigenvalue weighted by atomic mass is 35.5. The number of hydrogen-bond acceptors (Lipinski definition) is 2. The van der Waals surface area contributed by atoms with Gasteiger partial charge in [-0.1, -0.05) is 17.7 Å². The Morgan fingerprint density at radius 1 is 1.38 bits per heavy atom. The van der Waals surface area contributed by atoms with Crippen molar-refractivity contribution in [1.82, 2.24) is 5.43 Å². The van der Waals surface area contributed by atoms with Crippen molar-refractivity contribution >= 4 is 30.2 Å². The lowest BCUT2D eigenvalue weighted by molar-refractivity contribution is 0.442. The van der Waals surface area contributed by atoms with Crippen LogP contribution in [-0.4, -0.2) is 11.8 Å². The van der Waals surface area contributed by atoms with E-state index in [0.29, 0.717) is 10.6 Å². The molecular formula is C11H15Cl2FN2. The van der Waals surface area contributed by atoms with Crippen LogP contribution in [0.5, 0.6) is 0 Å². The predicted octanol–water partition coefficient (Wildman–Crippen LogP) is 3.62. The molecule has 0 amide bonds. The Morgan fingerprint density at radius 3 is 2.50 bits per heavy atom. The molecule has 0 fully saturated rings. The second-order valence-corrected chi connectivity index (χ2v) is 4.66. The molecule has 0 saturated carbocycles. The van der Waals surface area contributed by atoms with Crippen molar-refractivity contribution in [3.05, 3.63) is 34.6 Å². The maximum Gasteiger partial charge on any atom is 0.133 e. The molecule has 0 spiro atoms. The number of nitrogens with zero attached hydrogens (tertiary/aromatic N) is 1. The Morgan fingerprint density at radius 2 is 2.00 bits per heavy atom. The maximum absolute atomic E-state index is 13.3. The van der Waals surface area contributed by atoms with Crippen molar-refractivity contribution in [3.63, 3.8) is 0 Å². The van der Waals surface area contributed by atoms with Gasteiger partial charge in [-0.05, 0) is 32.9 Å². The first-order valence-electron chi connectivity index (χ1n) is 4.64. The van der Waals surface area contributed by atoms with Gasteiger partial charge in [0.2, 0.25) is 0 Å². The van der Waals surface area contributed by atoms with Gasteiger partial charge < -0.3 is 5.43 Å². The summed E-state index contributed by atoms with van der Waals surface area (Å²) in [7, 11) is 0. The molecule has 0 unspecified atom stereocenters. The van der Waals surface area contributed by atoms with Gasteiger partial charge in [-0.25, -0.2) is 4.39 Å². The Hall–Kier alpha value is -0.800. The van der Waals surface area contributed by atoms with E-state index in [4.69, 9.17) is 11.6 Å². The lowest BCUT2D eigenvalue weighted by atomic mass is 10.1. The van der Waals surface area contributed by atoms with E-state index in [9.17, 15) is 4.39 Å². The van der Waals surface area contributed by atoms with Gasteiger partial charge in [0.05, 0.1) is 11.2 Å². The van der Waals surface area contributed by atoms with Crippen LogP contribution in [0.2, 0.25) is 5.02 Å². The van der Waals surface area contributed by atoms with E-state index in [1.807, 2.05) is 20.8 Å². The Balaban J connectivity index is 0.00000225. The lowest BCUT2D eigenvalue weighted by Gasteiger charge is -2.17. The molecule has 2 nitrogen and oxygen atoms in total. The topological polar surface area (TPSA) is 24.4 Å². The SMILES string of the molecule is CC(C)(C)N/N=C/c1c(F)cccc1Cl.Cl. The van der Waals surface area contributed by atoms with Crippen LogP contribution < -0.4 is 5.43 Å². The minimum atomic E-state index is -0.373. The summed E-state index contributed by atoms with van der Waals surface area (Å²) >= 11 is 5.82. The molecule has 90 valence electrons. The number of halogens is 3. The van der Waals surface area contributed by atoms with Gasteiger partial charge in [0.15, 0.2) is 0 Å². The molecule has 0 bridgehead atoms. The number of benzene rings is 1. The quantitative estimate of drug-likeness (QED) is 0.641. The van der Waals surface area contributed by atoms with Crippen LogP contribution in [0.15, 0.2) is 23.3 Å². The maximum atomic E-state index is 13.3. The first-order chi connectivity index (χ1) is 6.90. The molecule has 1 N–H and O–H groups in total. The van der Waals surface area contributed by atoms with Gasteiger partial charge in [-0.3, -0.25) is 0 Å². The van der Waals surface area contributed by atoms with Crippen LogP contribution >= 0.6 is 24.0 Å². The second-order valence-electron chi connectivity index (χ2n) is 4.26. The van der Waals surface area contributed by atoms with Crippen LogP contribution in [0.3, 0.4) is 0 Å². The van der Waals surface area contributed by atoms with Crippen molar-refractivity contribution in [2.45, 2.75) is 26.3 Å². The van der Waals surface area contributed by atoms with Crippen molar-refractivity contribution in [3.8, 4) is 0 Å². The van der Waals surface area contributed by atoms with Crippen LogP contribution in [0.25, 0.3) is 0 Å². The predicted molar refractivity (Wildman–Crippen MR) is 69.1 cm³/mol. The van der Waals surface area contributed by atoms with Gasteiger partial charge in [-0.2, -0.15) is 5.10 Å². The van der Waals surface area contributed by atoms with Gasteiger partial charge in [0, 0.05) is 11.1 Å². The third-order valence-electron chi connectivity index (χ3n) is 1.59. The van der Waals surface area contributed by atoms with Crippen LogP contribution in [-0.2, 0) is 0 Å². The third kappa shape index (κ3) is 4.81. The number of rotatable bonds is 2. The van der Waals surface area contributed by atoms with E-state index >= 15 is 0 Å². The summed E-state index contributed by atoms with van der Waals surface area (Å²) in [6.07, 6.45) is 1.39. The highest BCUT2D eigenvalue weighted by Crippen LogP contribution is 2.16. The molecule has 0 atom stereocenters. The molecule has 16 heavy (non-hydrogen) atoms. The first kappa shape index (κ1) is 15.2. The summed E-state index contributed by atoms with van der Waals surface area (Å²) < 4.78 is 13.3. The Kier molecular flexibility index (Phi) is 5.76. The fourth-order valence-corrected chi connectivity index (χ4v) is 1.14. The summed E-state index contributed by atoms with van der Waals surface area (Å²) in [5, 5.41) is 4.29. The zero-order chi connectivity index (χ0) is 11.5. The zero-order valence-electron chi connectivity index (χ0n) is 9.42. The Labute approximate surface area is 106 Å². The molecule has 0 heterocycles. The van der Waals surface area contributed by atoms with E-state index < -0.39 is 0 Å². The monoisotopic (exact) mass is 264 g/mol. The largest absolute Gasteiger partial charge is 0.305 e. The van der Waals surface area contributed by atoms with E-state index in [-0.39, 0.29) is 23.8 Å². The highest BCUT2D eigenvalue weighted by molar-refractivity contribution is 6.33. The first-order valence-corrected chi connectivity index (χ1v) is 5.02. The highest BCUT2D eigenvalue weighted by Gasteiger charge is 2.07. The van der Waals surface area contributed by atoms with E-state index in [0.717, 1.165) is 0 Å². The molecule has 1 rings (SSSR count). The summed E-state index contributed by atoms with van der Waals surface area (Å²) in [6, 6.07) is 4.54. The molecular weight excluding hydrogens is 250 g/mol. The molecule has 0 saturated heterocycles. The average molecular weight is 265 g/mol. The molecule has 0 aliphatic heterocycles. The van der Waals surface area contributed by atoms with E-state index in [1.54, 1.807) is 12.1 Å². The number of nitrogens with one attached hydrogen (secondary N) is 1. The zero-order valence-corrected chi connectivity index (χ0v) is 11.0. The fourth-order valence-electron chi connectivity index (χ4n) is 0.925. The van der Waals surface area contributed by atoms with Gasteiger partial charge in [0.25, 0.3) is 0 Å². The van der Waals surface area contributed by atoms with Crippen LogP contribution in [0.1, 0.15) is 26.3 Å². The van der Waals surface area contributed by atoms with Gasteiger partial charge >= 0.3 is 0 Å². The summed E-state index contributed by atoms with van der Waals surface area (Å²) in [5.41, 5.74) is 3.03. The van der Waals surface area contributed by atoms with Crippen LogP contribution in [0, 0.1) is 5.82 Å². The van der Waals surface area contributed by atoms with Crippen molar-refractivity contribution in [2.75, 3.05) is 0 Å². The lowest BCUT2D eigenvalue weighted by Crippen LogP contribution is -2.31. The molecule has 0 aliphatic rings. The van der Waals surface area contributed by atoms with E-state index in [1.165, 1.54) is 12.3 Å². The number of hydrazone groups is 1. The normalized spacial score (nSPS) is 11.3.